The van der Waals surface area contributed by atoms with E-state index in [1.54, 1.807) is 0 Å². The molecule has 1 heterocycles. The first-order valence-electron chi connectivity index (χ1n) is 6.59. The van der Waals surface area contributed by atoms with E-state index in [0.29, 0.717) is 16.8 Å². The molecule has 0 aliphatic rings. The largest absolute Gasteiger partial charge is 0.370 e. The highest BCUT2D eigenvalue weighted by atomic mass is 79.9. The van der Waals surface area contributed by atoms with Gasteiger partial charge in [0.25, 0.3) is 0 Å². The Morgan fingerprint density at radius 3 is 2.60 bits per heavy atom. The van der Waals surface area contributed by atoms with Gasteiger partial charge in [0.2, 0.25) is 0 Å². The van der Waals surface area contributed by atoms with Crippen LogP contribution in [0, 0.1) is 0 Å². The molecular weight excluding hydrogens is 338 g/mol. The van der Waals surface area contributed by atoms with Crippen molar-refractivity contribution in [2.75, 3.05) is 11.9 Å². The second kappa shape index (κ2) is 6.55. The fourth-order valence-corrected chi connectivity index (χ4v) is 2.58. The standard InChI is InChI=1S/C15H17BrClN3/c1-4-18-14-8-13(9(2)3)19-15(20-14)11-6-5-10(16)7-12(11)17/h5-9H,4H2,1-3H3,(H,18,19,20). The van der Waals surface area contributed by atoms with E-state index in [9.17, 15) is 0 Å². The van der Waals surface area contributed by atoms with Crippen LogP contribution in [0.5, 0.6) is 0 Å². The number of nitrogens with zero attached hydrogens (tertiary/aromatic N) is 2. The highest BCUT2D eigenvalue weighted by Crippen LogP contribution is 2.30. The molecule has 0 amide bonds. The predicted octanol–water partition coefficient (Wildman–Crippen LogP) is 5.11. The number of halogens is 2. The normalized spacial score (nSPS) is 10.9. The molecule has 2 aromatic rings. The summed E-state index contributed by atoms with van der Waals surface area (Å²) in [4.78, 5) is 9.17. The summed E-state index contributed by atoms with van der Waals surface area (Å²) >= 11 is 9.70. The molecule has 0 bridgehead atoms. The van der Waals surface area contributed by atoms with Crippen LogP contribution in [0.1, 0.15) is 32.4 Å². The van der Waals surface area contributed by atoms with Gasteiger partial charge in [0.1, 0.15) is 5.82 Å². The van der Waals surface area contributed by atoms with Crippen molar-refractivity contribution >= 4 is 33.3 Å². The molecule has 106 valence electrons. The molecule has 2 rings (SSSR count). The first kappa shape index (κ1) is 15.3. The van der Waals surface area contributed by atoms with Gasteiger partial charge >= 0.3 is 0 Å². The Morgan fingerprint density at radius 2 is 2.00 bits per heavy atom. The number of hydrogen-bond acceptors (Lipinski definition) is 3. The fraction of sp³-hybridized carbons (Fsp3) is 0.333. The maximum atomic E-state index is 6.29. The fourth-order valence-electron chi connectivity index (χ4n) is 1.82. The third kappa shape index (κ3) is 3.49. The summed E-state index contributed by atoms with van der Waals surface area (Å²) in [5, 5.41) is 3.88. The minimum atomic E-state index is 0.336. The minimum Gasteiger partial charge on any atom is -0.370 e. The lowest BCUT2D eigenvalue weighted by Crippen LogP contribution is -2.05. The number of aromatic nitrogens is 2. The zero-order valence-corrected chi connectivity index (χ0v) is 14.1. The molecule has 1 aromatic heterocycles. The van der Waals surface area contributed by atoms with Crippen LogP contribution >= 0.6 is 27.5 Å². The van der Waals surface area contributed by atoms with Crippen molar-refractivity contribution in [3.63, 3.8) is 0 Å². The summed E-state index contributed by atoms with van der Waals surface area (Å²) < 4.78 is 0.943. The maximum Gasteiger partial charge on any atom is 0.163 e. The monoisotopic (exact) mass is 353 g/mol. The number of hydrogen-bond donors (Lipinski definition) is 1. The maximum absolute atomic E-state index is 6.29. The van der Waals surface area contributed by atoms with Gasteiger partial charge in [0.15, 0.2) is 5.82 Å². The van der Waals surface area contributed by atoms with E-state index in [2.05, 4.69) is 45.1 Å². The lowest BCUT2D eigenvalue weighted by Gasteiger charge is -2.12. The zero-order valence-electron chi connectivity index (χ0n) is 11.7. The average Bonchev–Trinajstić information content (AvgIpc) is 2.38. The van der Waals surface area contributed by atoms with Crippen molar-refractivity contribution in [1.82, 2.24) is 9.97 Å². The SMILES string of the molecule is CCNc1cc(C(C)C)nc(-c2ccc(Br)cc2Cl)n1. The van der Waals surface area contributed by atoms with Crippen LogP contribution in [0.4, 0.5) is 5.82 Å². The van der Waals surface area contributed by atoms with Gasteiger partial charge in [0.05, 0.1) is 5.02 Å². The van der Waals surface area contributed by atoms with Crippen molar-refractivity contribution in [2.45, 2.75) is 26.7 Å². The lowest BCUT2D eigenvalue weighted by molar-refractivity contribution is 0.817. The van der Waals surface area contributed by atoms with Crippen LogP contribution in [0.3, 0.4) is 0 Å². The van der Waals surface area contributed by atoms with Crippen LogP contribution in [0.2, 0.25) is 5.02 Å². The molecule has 1 aromatic carbocycles. The van der Waals surface area contributed by atoms with Crippen LogP contribution < -0.4 is 5.32 Å². The topological polar surface area (TPSA) is 37.8 Å². The van der Waals surface area contributed by atoms with Gasteiger partial charge in [-0.1, -0.05) is 41.4 Å². The van der Waals surface area contributed by atoms with Gasteiger partial charge in [-0.15, -0.1) is 0 Å². The molecular formula is C15H17BrClN3. The number of anilines is 1. The molecule has 3 nitrogen and oxygen atoms in total. The average molecular weight is 355 g/mol. The third-order valence-corrected chi connectivity index (χ3v) is 3.67. The van der Waals surface area contributed by atoms with Gasteiger partial charge in [-0.3, -0.25) is 0 Å². The van der Waals surface area contributed by atoms with Gasteiger partial charge < -0.3 is 5.32 Å². The molecule has 0 unspecified atom stereocenters. The van der Waals surface area contributed by atoms with Crippen LogP contribution in [-0.4, -0.2) is 16.5 Å². The second-order valence-electron chi connectivity index (χ2n) is 4.81. The van der Waals surface area contributed by atoms with E-state index in [1.807, 2.05) is 31.2 Å². The number of rotatable bonds is 4. The summed E-state index contributed by atoms with van der Waals surface area (Å²) in [6.07, 6.45) is 0. The van der Waals surface area contributed by atoms with E-state index in [1.165, 1.54) is 0 Å². The molecule has 0 aliphatic carbocycles. The summed E-state index contributed by atoms with van der Waals surface area (Å²) in [6, 6.07) is 7.72. The Morgan fingerprint density at radius 1 is 1.25 bits per heavy atom. The van der Waals surface area contributed by atoms with Crippen LogP contribution in [0.15, 0.2) is 28.7 Å². The lowest BCUT2D eigenvalue weighted by atomic mass is 10.1. The Bertz CT molecular complexity index is 614. The molecule has 20 heavy (non-hydrogen) atoms. The van der Waals surface area contributed by atoms with Crippen LogP contribution in [-0.2, 0) is 0 Å². The van der Waals surface area contributed by atoms with E-state index in [0.717, 1.165) is 28.1 Å². The number of nitrogens with one attached hydrogen (secondary N) is 1. The molecule has 1 N–H and O–H groups in total. The van der Waals surface area contributed by atoms with Gasteiger partial charge in [-0.2, -0.15) is 0 Å². The Kier molecular flexibility index (Phi) is 5.00. The smallest absolute Gasteiger partial charge is 0.163 e. The summed E-state index contributed by atoms with van der Waals surface area (Å²) in [7, 11) is 0. The number of benzene rings is 1. The van der Waals surface area contributed by atoms with E-state index in [-0.39, 0.29) is 0 Å². The first-order valence-corrected chi connectivity index (χ1v) is 7.76. The van der Waals surface area contributed by atoms with Crippen molar-refractivity contribution in [2.24, 2.45) is 0 Å². The quantitative estimate of drug-likeness (QED) is 0.828. The van der Waals surface area contributed by atoms with E-state index >= 15 is 0 Å². The molecule has 0 saturated heterocycles. The Hall–Kier alpha value is -1.13. The summed E-state index contributed by atoms with van der Waals surface area (Å²) in [5.41, 5.74) is 1.85. The third-order valence-electron chi connectivity index (χ3n) is 2.87. The first-order chi connectivity index (χ1) is 9.51. The van der Waals surface area contributed by atoms with Crippen molar-refractivity contribution < 1.29 is 0 Å². The van der Waals surface area contributed by atoms with Crippen LogP contribution in [0.25, 0.3) is 11.4 Å². The van der Waals surface area contributed by atoms with E-state index < -0.39 is 0 Å². The Labute approximate surface area is 132 Å². The molecule has 0 spiro atoms. The summed E-state index contributed by atoms with van der Waals surface area (Å²) in [5.74, 6) is 1.83. The molecule has 0 radical (unpaired) electrons. The second-order valence-corrected chi connectivity index (χ2v) is 6.13. The predicted molar refractivity (Wildman–Crippen MR) is 88.4 cm³/mol. The highest BCUT2D eigenvalue weighted by molar-refractivity contribution is 9.10. The van der Waals surface area contributed by atoms with Gasteiger partial charge in [-0.25, -0.2) is 9.97 Å². The molecule has 0 fully saturated rings. The highest BCUT2D eigenvalue weighted by Gasteiger charge is 2.12. The van der Waals surface area contributed by atoms with Crippen molar-refractivity contribution in [3.8, 4) is 11.4 Å². The molecule has 5 heteroatoms. The molecule has 0 aliphatic heterocycles. The van der Waals surface area contributed by atoms with Gasteiger partial charge in [-0.05, 0) is 31.0 Å². The molecule has 0 atom stereocenters. The summed E-state index contributed by atoms with van der Waals surface area (Å²) in [6.45, 7) is 7.10. The minimum absolute atomic E-state index is 0.336. The zero-order chi connectivity index (χ0) is 14.7. The van der Waals surface area contributed by atoms with Gasteiger partial charge in [0, 0.05) is 28.3 Å². The van der Waals surface area contributed by atoms with Crippen molar-refractivity contribution in [1.29, 1.82) is 0 Å². The van der Waals surface area contributed by atoms with Crippen molar-refractivity contribution in [3.05, 3.63) is 39.5 Å². The molecule has 0 saturated carbocycles. The van der Waals surface area contributed by atoms with E-state index in [4.69, 9.17) is 11.6 Å². The Balaban J connectivity index is 2.54.